The molecule has 1 saturated heterocycles. The zero-order chi connectivity index (χ0) is 8.48. The Balaban J connectivity index is 2.87. The highest BCUT2D eigenvalue weighted by molar-refractivity contribution is 6.03. The highest BCUT2D eigenvalue weighted by Crippen LogP contribution is 2.11. The molecule has 11 heavy (non-hydrogen) atoms. The van der Waals surface area contributed by atoms with Gasteiger partial charge in [0.05, 0.1) is 13.3 Å². The number of ether oxygens (including phenoxy) is 1. The average molecular weight is 161 g/mol. The number of carboxylic acids is 2. The second-order valence-electron chi connectivity index (χ2n) is 2.19. The number of aliphatic carboxylic acids is 2. The minimum atomic E-state index is -1.94. The molecule has 0 radical (unpaired) electrons. The van der Waals surface area contributed by atoms with Gasteiger partial charge in [0.15, 0.2) is 0 Å². The van der Waals surface area contributed by atoms with Gasteiger partial charge in [-0.2, -0.15) is 0 Å². The molecule has 0 bridgehead atoms. The molecule has 1 aliphatic rings. The van der Waals surface area contributed by atoms with Crippen LogP contribution in [-0.4, -0.2) is 41.0 Å². The lowest BCUT2D eigenvalue weighted by Crippen LogP contribution is -2.56. The molecule has 1 rings (SSSR count). The van der Waals surface area contributed by atoms with Gasteiger partial charge >= 0.3 is 11.9 Å². The molecule has 0 aliphatic carbocycles. The van der Waals surface area contributed by atoms with Crippen LogP contribution in [0.25, 0.3) is 0 Å². The van der Waals surface area contributed by atoms with Crippen LogP contribution in [0.1, 0.15) is 0 Å². The molecule has 1 aliphatic heterocycles. The highest BCUT2D eigenvalue weighted by atomic mass is 16.5. The summed E-state index contributed by atoms with van der Waals surface area (Å²) in [5.74, 6) is -2.86. The van der Waals surface area contributed by atoms with Crippen LogP contribution in [0.4, 0.5) is 0 Å². The van der Waals surface area contributed by atoms with Crippen LogP contribution in [-0.2, 0) is 14.3 Å². The van der Waals surface area contributed by atoms with E-state index in [0.717, 1.165) is 0 Å². The number of carboxylic acid groups (broad SMARTS) is 2. The van der Waals surface area contributed by atoms with Crippen molar-refractivity contribution in [1.82, 2.24) is 5.32 Å². The minimum absolute atomic E-state index is 0.0431. The van der Waals surface area contributed by atoms with Crippen molar-refractivity contribution >= 4 is 11.9 Å². The number of nitrogens with one attached hydrogen (secondary N) is 1. The Morgan fingerprint density at radius 2 is 1.91 bits per heavy atom. The van der Waals surface area contributed by atoms with Gasteiger partial charge in [-0.1, -0.05) is 0 Å². The number of rotatable bonds is 2. The molecule has 62 valence electrons. The highest BCUT2D eigenvalue weighted by Gasteiger charge is 2.49. The third-order valence-electron chi connectivity index (χ3n) is 1.52. The first-order valence-electron chi connectivity index (χ1n) is 2.89. The van der Waals surface area contributed by atoms with Crippen LogP contribution in [0, 0.1) is 0 Å². The summed E-state index contributed by atoms with van der Waals surface area (Å²) in [7, 11) is 0. The van der Waals surface area contributed by atoms with E-state index in [4.69, 9.17) is 10.2 Å². The molecule has 0 spiro atoms. The summed E-state index contributed by atoms with van der Waals surface area (Å²) >= 11 is 0. The standard InChI is InChI=1S/C5H7NO5/c7-3(8)5(4(9)10)1-11-2-6-5/h6H,1-2H2,(H,7,8)(H,9,10). The third-order valence-corrected chi connectivity index (χ3v) is 1.52. The van der Waals surface area contributed by atoms with Gasteiger partial charge in [-0.05, 0) is 0 Å². The fraction of sp³-hybridized carbons (Fsp3) is 0.600. The van der Waals surface area contributed by atoms with E-state index < -0.39 is 17.5 Å². The molecule has 1 fully saturated rings. The lowest BCUT2D eigenvalue weighted by Gasteiger charge is -2.15. The topological polar surface area (TPSA) is 95.9 Å². The summed E-state index contributed by atoms with van der Waals surface area (Å²) in [5.41, 5.74) is -1.94. The van der Waals surface area contributed by atoms with E-state index in [2.05, 4.69) is 10.1 Å². The Bertz CT molecular complexity index is 179. The lowest BCUT2D eigenvalue weighted by atomic mass is 10.0. The van der Waals surface area contributed by atoms with Gasteiger partial charge in [0.25, 0.3) is 0 Å². The molecule has 0 saturated carbocycles. The summed E-state index contributed by atoms with van der Waals surface area (Å²) in [6.07, 6.45) is 0. The summed E-state index contributed by atoms with van der Waals surface area (Å²) < 4.78 is 4.61. The Morgan fingerprint density at radius 3 is 2.09 bits per heavy atom. The number of carbonyl (C=O) groups is 2. The van der Waals surface area contributed by atoms with Crippen molar-refractivity contribution in [2.45, 2.75) is 5.54 Å². The van der Waals surface area contributed by atoms with E-state index >= 15 is 0 Å². The second-order valence-corrected chi connectivity index (χ2v) is 2.19. The first-order valence-corrected chi connectivity index (χ1v) is 2.89. The number of hydrogen-bond donors (Lipinski definition) is 3. The Kier molecular flexibility index (Phi) is 1.79. The van der Waals surface area contributed by atoms with Gasteiger partial charge in [0, 0.05) is 0 Å². The fourth-order valence-electron chi connectivity index (χ4n) is 0.796. The van der Waals surface area contributed by atoms with Gasteiger partial charge in [-0.15, -0.1) is 0 Å². The zero-order valence-corrected chi connectivity index (χ0v) is 5.53. The van der Waals surface area contributed by atoms with Crippen molar-refractivity contribution in [2.24, 2.45) is 0 Å². The average Bonchev–Trinajstić information content (AvgIpc) is 2.34. The number of hydrogen-bond acceptors (Lipinski definition) is 4. The molecular formula is C5H7NO5. The predicted octanol–water partition coefficient (Wildman–Crippen LogP) is -1.53. The predicted molar refractivity (Wildman–Crippen MR) is 32.0 cm³/mol. The molecule has 0 atom stereocenters. The second kappa shape index (κ2) is 2.48. The van der Waals surface area contributed by atoms with E-state index in [0.29, 0.717) is 0 Å². The zero-order valence-electron chi connectivity index (χ0n) is 5.53. The first kappa shape index (κ1) is 7.96. The van der Waals surface area contributed by atoms with Crippen LogP contribution in [0.5, 0.6) is 0 Å². The van der Waals surface area contributed by atoms with Gasteiger partial charge in [0.1, 0.15) is 0 Å². The summed E-state index contributed by atoms with van der Waals surface area (Å²) in [6.45, 7) is -0.379. The van der Waals surface area contributed by atoms with Gasteiger partial charge in [-0.3, -0.25) is 5.32 Å². The van der Waals surface area contributed by atoms with Crippen molar-refractivity contribution in [3.63, 3.8) is 0 Å². The van der Waals surface area contributed by atoms with E-state index in [1.54, 1.807) is 0 Å². The van der Waals surface area contributed by atoms with Crippen molar-refractivity contribution in [3.8, 4) is 0 Å². The molecule has 6 heteroatoms. The maximum absolute atomic E-state index is 10.4. The van der Waals surface area contributed by atoms with Crippen LogP contribution < -0.4 is 5.32 Å². The SMILES string of the molecule is O=C(O)C1(C(=O)O)COCN1. The Labute approximate surface area is 61.8 Å². The van der Waals surface area contributed by atoms with Crippen molar-refractivity contribution < 1.29 is 24.5 Å². The molecular weight excluding hydrogens is 154 g/mol. The summed E-state index contributed by atoms with van der Waals surface area (Å²) in [6, 6.07) is 0. The quantitative estimate of drug-likeness (QED) is 0.425. The molecule has 6 nitrogen and oxygen atoms in total. The molecule has 0 aromatic carbocycles. The molecule has 3 N–H and O–H groups in total. The monoisotopic (exact) mass is 161 g/mol. The van der Waals surface area contributed by atoms with Crippen molar-refractivity contribution in [1.29, 1.82) is 0 Å². The maximum atomic E-state index is 10.4. The molecule has 1 heterocycles. The maximum Gasteiger partial charge on any atom is 0.338 e. The van der Waals surface area contributed by atoms with E-state index in [1.807, 2.05) is 0 Å². The van der Waals surface area contributed by atoms with Crippen LogP contribution in [0.2, 0.25) is 0 Å². The first-order chi connectivity index (χ1) is 5.09. The van der Waals surface area contributed by atoms with Crippen LogP contribution >= 0.6 is 0 Å². The third kappa shape index (κ3) is 1.06. The van der Waals surface area contributed by atoms with E-state index in [-0.39, 0.29) is 13.3 Å². The molecule has 0 aromatic heterocycles. The van der Waals surface area contributed by atoms with Gasteiger partial charge in [0.2, 0.25) is 5.54 Å². The van der Waals surface area contributed by atoms with Crippen LogP contribution in [0.3, 0.4) is 0 Å². The summed E-state index contributed by atoms with van der Waals surface area (Å²) in [5, 5.41) is 19.3. The van der Waals surface area contributed by atoms with E-state index in [1.165, 1.54) is 0 Å². The molecule has 0 aromatic rings. The van der Waals surface area contributed by atoms with Crippen LogP contribution in [0.15, 0.2) is 0 Å². The molecule has 0 amide bonds. The Hall–Kier alpha value is -1.14. The normalized spacial score (nSPS) is 21.5. The fourth-order valence-corrected chi connectivity index (χ4v) is 0.796. The minimum Gasteiger partial charge on any atom is -0.479 e. The van der Waals surface area contributed by atoms with Gasteiger partial charge < -0.3 is 14.9 Å². The van der Waals surface area contributed by atoms with Crippen molar-refractivity contribution in [2.75, 3.05) is 13.3 Å². The van der Waals surface area contributed by atoms with Crippen molar-refractivity contribution in [3.05, 3.63) is 0 Å². The van der Waals surface area contributed by atoms with Gasteiger partial charge in [-0.25, -0.2) is 9.59 Å². The summed E-state index contributed by atoms with van der Waals surface area (Å²) in [4.78, 5) is 20.9. The molecule has 0 unspecified atom stereocenters. The lowest BCUT2D eigenvalue weighted by molar-refractivity contribution is -0.158. The van der Waals surface area contributed by atoms with E-state index in [9.17, 15) is 9.59 Å². The largest absolute Gasteiger partial charge is 0.479 e. The Morgan fingerprint density at radius 1 is 1.36 bits per heavy atom. The smallest absolute Gasteiger partial charge is 0.338 e.